The van der Waals surface area contributed by atoms with E-state index in [-0.39, 0.29) is 4.47 Å². The van der Waals surface area contributed by atoms with Crippen molar-refractivity contribution in [1.29, 1.82) is 0 Å². The van der Waals surface area contributed by atoms with E-state index < -0.39 is 18.3 Å². The zero-order chi connectivity index (χ0) is 15.2. The number of aromatic nitrogens is 2. The molecule has 0 spiro atoms. The van der Waals surface area contributed by atoms with E-state index in [1.54, 1.807) is 0 Å². The number of anilines is 1. The average Bonchev–Trinajstić information content (AvgIpc) is 3.25. The van der Waals surface area contributed by atoms with Crippen molar-refractivity contribution in [2.75, 3.05) is 5.32 Å². The molecule has 1 aromatic heterocycles. The number of hydrogen-bond acceptors (Lipinski definition) is 3. The highest BCUT2D eigenvalue weighted by molar-refractivity contribution is 9.10. The SMILES string of the molecule is O=c1c(Br)c(NC(C2CC2)C2CC2)cnn1CC(F)(F)F. The first-order valence-corrected chi connectivity index (χ1v) is 7.73. The van der Waals surface area contributed by atoms with Gasteiger partial charge in [0.15, 0.2) is 0 Å². The van der Waals surface area contributed by atoms with E-state index >= 15 is 0 Å². The normalized spacial score (nSPS) is 19.1. The number of nitrogens with one attached hydrogen (secondary N) is 1. The third kappa shape index (κ3) is 3.59. The summed E-state index contributed by atoms with van der Waals surface area (Å²) in [5.74, 6) is 1.23. The Morgan fingerprint density at radius 2 is 1.90 bits per heavy atom. The molecule has 2 saturated carbocycles. The summed E-state index contributed by atoms with van der Waals surface area (Å²) < 4.78 is 37.6. The lowest BCUT2D eigenvalue weighted by Gasteiger charge is -2.20. The Hall–Kier alpha value is -1.05. The molecule has 0 bridgehead atoms. The molecule has 2 aliphatic rings. The van der Waals surface area contributed by atoms with Crippen LogP contribution < -0.4 is 10.9 Å². The fourth-order valence-electron chi connectivity index (χ4n) is 2.56. The second-order valence-corrected chi connectivity index (χ2v) is 6.59. The Balaban J connectivity index is 1.80. The van der Waals surface area contributed by atoms with E-state index in [9.17, 15) is 18.0 Å². The van der Waals surface area contributed by atoms with Crippen LogP contribution in [0.4, 0.5) is 18.9 Å². The van der Waals surface area contributed by atoms with Crippen LogP contribution in [0.1, 0.15) is 25.7 Å². The van der Waals surface area contributed by atoms with Crippen LogP contribution in [0, 0.1) is 11.8 Å². The first kappa shape index (κ1) is 14.9. The number of nitrogens with zero attached hydrogens (tertiary/aromatic N) is 2. The molecule has 0 aromatic carbocycles. The summed E-state index contributed by atoms with van der Waals surface area (Å²) in [4.78, 5) is 11.9. The van der Waals surface area contributed by atoms with Gasteiger partial charge in [-0.25, -0.2) is 4.68 Å². The van der Waals surface area contributed by atoms with Gasteiger partial charge in [-0.3, -0.25) is 4.79 Å². The molecule has 0 radical (unpaired) electrons. The third-order valence-electron chi connectivity index (χ3n) is 3.90. The molecular formula is C13H15BrF3N3O. The molecule has 8 heteroatoms. The minimum atomic E-state index is -4.46. The zero-order valence-electron chi connectivity index (χ0n) is 11.2. The monoisotopic (exact) mass is 365 g/mol. The number of alkyl halides is 3. The molecule has 1 aromatic rings. The van der Waals surface area contributed by atoms with Gasteiger partial charge in [0, 0.05) is 6.04 Å². The average molecular weight is 366 g/mol. The summed E-state index contributed by atoms with van der Waals surface area (Å²) >= 11 is 3.10. The minimum Gasteiger partial charge on any atom is -0.379 e. The van der Waals surface area contributed by atoms with E-state index in [0.717, 1.165) is 0 Å². The lowest BCUT2D eigenvalue weighted by atomic mass is 10.1. The summed E-state index contributed by atoms with van der Waals surface area (Å²) in [6, 6.07) is 0.306. The van der Waals surface area contributed by atoms with Crippen molar-refractivity contribution in [3.8, 4) is 0 Å². The molecule has 21 heavy (non-hydrogen) atoms. The van der Waals surface area contributed by atoms with Crippen molar-refractivity contribution in [3.63, 3.8) is 0 Å². The van der Waals surface area contributed by atoms with Crippen LogP contribution in [0.3, 0.4) is 0 Å². The van der Waals surface area contributed by atoms with Crippen LogP contribution in [0.15, 0.2) is 15.5 Å². The predicted molar refractivity (Wildman–Crippen MR) is 75.1 cm³/mol. The van der Waals surface area contributed by atoms with Crippen LogP contribution in [0.25, 0.3) is 0 Å². The van der Waals surface area contributed by atoms with Crippen molar-refractivity contribution in [2.45, 2.75) is 44.4 Å². The Kier molecular flexibility index (Phi) is 3.75. The van der Waals surface area contributed by atoms with Crippen molar-refractivity contribution in [1.82, 2.24) is 9.78 Å². The maximum absolute atomic E-state index is 12.4. The Labute approximate surface area is 127 Å². The van der Waals surface area contributed by atoms with Gasteiger partial charge in [-0.1, -0.05) is 0 Å². The third-order valence-corrected chi connectivity index (χ3v) is 4.66. The minimum absolute atomic E-state index is 0.119. The van der Waals surface area contributed by atoms with Gasteiger partial charge in [0.1, 0.15) is 11.0 Å². The van der Waals surface area contributed by atoms with E-state index in [0.29, 0.717) is 28.2 Å². The molecule has 0 unspecified atom stereocenters. The fourth-order valence-corrected chi connectivity index (χ4v) is 2.98. The first-order chi connectivity index (χ1) is 9.85. The highest BCUT2D eigenvalue weighted by Crippen LogP contribution is 2.46. The second kappa shape index (κ2) is 5.30. The van der Waals surface area contributed by atoms with Crippen LogP contribution in [-0.2, 0) is 6.54 Å². The van der Waals surface area contributed by atoms with Crippen LogP contribution in [0.5, 0.6) is 0 Å². The highest BCUT2D eigenvalue weighted by atomic mass is 79.9. The van der Waals surface area contributed by atoms with Gasteiger partial charge in [0.2, 0.25) is 0 Å². The molecule has 2 aliphatic carbocycles. The Bertz CT molecular complexity index is 581. The van der Waals surface area contributed by atoms with Gasteiger partial charge < -0.3 is 5.32 Å². The number of halogens is 4. The largest absolute Gasteiger partial charge is 0.408 e. The zero-order valence-corrected chi connectivity index (χ0v) is 12.7. The van der Waals surface area contributed by atoms with Crippen LogP contribution in [0.2, 0.25) is 0 Å². The van der Waals surface area contributed by atoms with Gasteiger partial charge >= 0.3 is 6.18 Å². The van der Waals surface area contributed by atoms with Gasteiger partial charge in [-0.2, -0.15) is 18.3 Å². The van der Waals surface area contributed by atoms with Crippen molar-refractivity contribution in [3.05, 3.63) is 21.0 Å². The summed E-state index contributed by atoms with van der Waals surface area (Å²) in [6.07, 6.45) is 1.52. The summed E-state index contributed by atoms with van der Waals surface area (Å²) in [5, 5.41) is 6.93. The Morgan fingerprint density at radius 1 is 1.33 bits per heavy atom. The highest BCUT2D eigenvalue weighted by Gasteiger charge is 2.41. The molecule has 0 saturated heterocycles. The summed E-state index contributed by atoms with van der Waals surface area (Å²) in [7, 11) is 0. The van der Waals surface area contributed by atoms with Crippen LogP contribution >= 0.6 is 15.9 Å². The molecular weight excluding hydrogens is 351 g/mol. The fraction of sp³-hybridized carbons (Fsp3) is 0.692. The lowest BCUT2D eigenvalue weighted by Crippen LogP contribution is -2.32. The molecule has 3 rings (SSSR count). The molecule has 1 heterocycles. The van der Waals surface area contributed by atoms with Gasteiger partial charge in [-0.05, 0) is 53.4 Å². The maximum atomic E-state index is 12.4. The van der Waals surface area contributed by atoms with Gasteiger partial charge in [0.25, 0.3) is 5.56 Å². The van der Waals surface area contributed by atoms with Gasteiger partial charge in [0.05, 0.1) is 11.9 Å². The topological polar surface area (TPSA) is 46.9 Å². The maximum Gasteiger partial charge on any atom is 0.408 e. The number of hydrogen-bond donors (Lipinski definition) is 1. The van der Waals surface area contributed by atoms with Crippen LogP contribution in [-0.4, -0.2) is 22.0 Å². The van der Waals surface area contributed by atoms with Crippen molar-refractivity contribution in [2.24, 2.45) is 11.8 Å². The first-order valence-electron chi connectivity index (χ1n) is 6.94. The summed E-state index contributed by atoms with van der Waals surface area (Å²) in [6.45, 7) is -1.38. The lowest BCUT2D eigenvalue weighted by molar-refractivity contribution is -0.143. The molecule has 0 atom stereocenters. The molecule has 1 N–H and O–H groups in total. The molecule has 2 fully saturated rings. The second-order valence-electron chi connectivity index (χ2n) is 5.80. The van der Waals surface area contributed by atoms with E-state index in [2.05, 4.69) is 26.3 Å². The molecule has 0 amide bonds. The molecule has 0 aliphatic heterocycles. The van der Waals surface area contributed by atoms with E-state index in [4.69, 9.17) is 0 Å². The van der Waals surface area contributed by atoms with E-state index in [1.165, 1.54) is 31.9 Å². The smallest absolute Gasteiger partial charge is 0.379 e. The van der Waals surface area contributed by atoms with Gasteiger partial charge in [-0.15, -0.1) is 0 Å². The number of rotatable bonds is 5. The molecule has 116 valence electrons. The molecule has 4 nitrogen and oxygen atoms in total. The Morgan fingerprint density at radius 3 is 2.38 bits per heavy atom. The summed E-state index contributed by atoms with van der Waals surface area (Å²) in [5.41, 5.74) is -0.273. The standard InChI is InChI=1S/C13H15BrF3N3O/c14-10-9(19-11(7-1-2-7)8-3-4-8)5-18-20(12(10)21)6-13(15,16)17/h5,7-8,11,19H,1-4,6H2. The predicted octanol–water partition coefficient (Wildman–Crippen LogP) is 3.17. The van der Waals surface area contributed by atoms with Crippen molar-refractivity contribution >= 4 is 21.6 Å². The van der Waals surface area contributed by atoms with Crippen molar-refractivity contribution < 1.29 is 13.2 Å². The van der Waals surface area contributed by atoms with E-state index in [1.807, 2.05) is 0 Å². The quantitative estimate of drug-likeness (QED) is 0.871.